The van der Waals surface area contributed by atoms with Crippen LogP contribution in [0.2, 0.25) is 0 Å². The summed E-state index contributed by atoms with van der Waals surface area (Å²) in [5.74, 6) is 0.120. The van der Waals surface area contributed by atoms with Gasteiger partial charge in [-0.25, -0.2) is 0 Å². The van der Waals surface area contributed by atoms with Gasteiger partial charge in [0.1, 0.15) is 5.69 Å². The summed E-state index contributed by atoms with van der Waals surface area (Å²) in [5, 5.41) is 9.97. The number of hydrogen-bond donors (Lipinski definition) is 0. The topological polar surface area (TPSA) is 47.8 Å². The maximum atomic E-state index is 12.2. The average molecular weight is 235 g/mol. The van der Waals surface area contributed by atoms with E-state index in [4.69, 9.17) is 0 Å². The fourth-order valence-electron chi connectivity index (χ4n) is 1.31. The number of carbonyl (C=O) groups is 1. The fraction of sp³-hybridized carbons (Fsp3) is 0.364. The number of aromatic nitrogens is 3. The third-order valence-corrected chi connectivity index (χ3v) is 3.07. The molecule has 2 heterocycles. The van der Waals surface area contributed by atoms with E-state index in [1.165, 1.54) is 16.1 Å². The summed E-state index contributed by atoms with van der Waals surface area (Å²) in [5.41, 5.74) is 0.377. The van der Waals surface area contributed by atoms with Gasteiger partial charge in [0.25, 0.3) is 0 Å². The van der Waals surface area contributed by atoms with E-state index in [0.29, 0.717) is 4.88 Å². The van der Waals surface area contributed by atoms with Crippen LogP contribution in [0.25, 0.3) is 5.69 Å². The molecule has 0 bridgehead atoms. The molecule has 0 aliphatic heterocycles. The minimum atomic E-state index is -0.382. The van der Waals surface area contributed by atoms with Gasteiger partial charge < -0.3 is 0 Å². The smallest absolute Gasteiger partial charge is 0.180 e. The lowest BCUT2D eigenvalue weighted by Gasteiger charge is -2.16. The zero-order valence-electron chi connectivity index (χ0n) is 9.47. The Morgan fingerprint density at radius 2 is 1.94 bits per heavy atom. The van der Waals surface area contributed by atoms with Crippen molar-refractivity contribution < 1.29 is 4.79 Å². The van der Waals surface area contributed by atoms with Crippen LogP contribution < -0.4 is 0 Å². The van der Waals surface area contributed by atoms with E-state index < -0.39 is 0 Å². The molecule has 5 heteroatoms. The Hall–Kier alpha value is -1.49. The zero-order chi connectivity index (χ0) is 11.8. The molecule has 0 fully saturated rings. The average Bonchev–Trinajstić information content (AvgIpc) is 2.85. The van der Waals surface area contributed by atoms with Gasteiger partial charge in [-0.3, -0.25) is 4.79 Å². The van der Waals surface area contributed by atoms with Crippen LogP contribution in [0, 0.1) is 5.41 Å². The minimum Gasteiger partial charge on any atom is -0.293 e. The van der Waals surface area contributed by atoms with Gasteiger partial charge in [-0.15, -0.1) is 11.3 Å². The maximum Gasteiger partial charge on any atom is 0.180 e. The third kappa shape index (κ3) is 1.90. The monoisotopic (exact) mass is 235 g/mol. The predicted octanol–water partition coefficient (Wildman–Crippen LogP) is 2.56. The maximum absolute atomic E-state index is 12.2. The molecule has 2 rings (SSSR count). The number of carbonyl (C=O) groups excluding carboxylic acids is 1. The van der Waals surface area contributed by atoms with Crippen LogP contribution in [-0.2, 0) is 0 Å². The standard InChI is InChI=1S/C11H13N3OS/c1-11(2,3)10(15)9-8(4-7-16-9)14-12-5-6-13-14/h4-7H,1-3H3. The van der Waals surface area contributed by atoms with Crippen LogP contribution >= 0.6 is 11.3 Å². The summed E-state index contributed by atoms with van der Waals surface area (Å²) >= 11 is 1.43. The van der Waals surface area contributed by atoms with Gasteiger partial charge in [-0.1, -0.05) is 20.8 Å². The van der Waals surface area contributed by atoms with Crippen molar-refractivity contribution in [3.8, 4) is 5.69 Å². The van der Waals surface area contributed by atoms with Crippen LogP contribution in [0.1, 0.15) is 30.4 Å². The number of rotatable bonds is 2. The van der Waals surface area contributed by atoms with E-state index in [2.05, 4.69) is 10.2 Å². The Bertz CT molecular complexity index is 494. The summed E-state index contributed by atoms with van der Waals surface area (Å²) in [6.45, 7) is 5.74. The van der Waals surface area contributed by atoms with E-state index in [-0.39, 0.29) is 11.2 Å². The number of ketones is 1. The molecule has 0 radical (unpaired) electrons. The van der Waals surface area contributed by atoms with E-state index in [1.807, 2.05) is 32.2 Å². The highest BCUT2D eigenvalue weighted by Gasteiger charge is 2.27. The Morgan fingerprint density at radius 3 is 2.50 bits per heavy atom. The van der Waals surface area contributed by atoms with Crippen molar-refractivity contribution in [2.45, 2.75) is 20.8 Å². The fourth-order valence-corrected chi connectivity index (χ4v) is 2.33. The summed E-state index contributed by atoms with van der Waals surface area (Å²) in [7, 11) is 0. The quantitative estimate of drug-likeness (QED) is 0.751. The van der Waals surface area contributed by atoms with E-state index >= 15 is 0 Å². The first-order valence-electron chi connectivity index (χ1n) is 4.99. The normalized spacial score (nSPS) is 11.7. The van der Waals surface area contributed by atoms with Gasteiger partial charge in [0.05, 0.1) is 17.3 Å². The third-order valence-electron chi connectivity index (χ3n) is 2.17. The highest BCUT2D eigenvalue weighted by atomic mass is 32.1. The lowest BCUT2D eigenvalue weighted by atomic mass is 9.89. The Balaban J connectivity index is 2.45. The number of Topliss-reactive ketones (excluding diaryl/α,β-unsaturated/α-hetero) is 1. The van der Waals surface area contributed by atoms with E-state index in [0.717, 1.165) is 5.69 Å². The predicted molar refractivity (Wildman–Crippen MR) is 63.0 cm³/mol. The molecule has 0 saturated heterocycles. The molecule has 84 valence electrons. The molecule has 0 aliphatic carbocycles. The molecule has 0 N–H and O–H groups in total. The second-order valence-electron chi connectivity index (χ2n) is 4.53. The van der Waals surface area contributed by atoms with Crippen molar-refractivity contribution in [2.24, 2.45) is 5.41 Å². The molecule has 0 amide bonds. The zero-order valence-corrected chi connectivity index (χ0v) is 10.3. The Labute approximate surface area is 97.9 Å². The van der Waals surface area contributed by atoms with Crippen molar-refractivity contribution in [3.05, 3.63) is 28.7 Å². The van der Waals surface area contributed by atoms with Gasteiger partial charge >= 0.3 is 0 Å². The highest BCUT2D eigenvalue weighted by Crippen LogP contribution is 2.28. The van der Waals surface area contributed by atoms with Crippen molar-refractivity contribution >= 4 is 17.1 Å². The summed E-state index contributed by atoms with van der Waals surface area (Å²) < 4.78 is 0. The molecule has 16 heavy (non-hydrogen) atoms. The summed E-state index contributed by atoms with van der Waals surface area (Å²) in [4.78, 5) is 14.4. The second kappa shape index (κ2) is 3.83. The van der Waals surface area contributed by atoms with Crippen molar-refractivity contribution in [1.29, 1.82) is 0 Å². The van der Waals surface area contributed by atoms with Gasteiger partial charge in [0.2, 0.25) is 0 Å². The van der Waals surface area contributed by atoms with Crippen LogP contribution in [0.15, 0.2) is 23.8 Å². The Kier molecular flexibility index (Phi) is 2.63. The number of thiophene rings is 1. The van der Waals surface area contributed by atoms with E-state index in [9.17, 15) is 4.79 Å². The first-order valence-corrected chi connectivity index (χ1v) is 5.87. The molecular weight excluding hydrogens is 222 g/mol. The van der Waals surface area contributed by atoms with Gasteiger partial charge in [0, 0.05) is 5.41 Å². The molecular formula is C11H13N3OS. The molecule has 2 aromatic rings. The van der Waals surface area contributed by atoms with Crippen molar-refractivity contribution in [2.75, 3.05) is 0 Å². The molecule has 4 nitrogen and oxygen atoms in total. The number of hydrogen-bond acceptors (Lipinski definition) is 4. The van der Waals surface area contributed by atoms with Crippen molar-refractivity contribution in [1.82, 2.24) is 15.0 Å². The first-order chi connectivity index (χ1) is 7.50. The molecule has 0 aliphatic rings. The first kappa shape index (κ1) is 11.0. The Morgan fingerprint density at radius 1 is 1.31 bits per heavy atom. The lowest BCUT2D eigenvalue weighted by Crippen LogP contribution is -2.20. The molecule has 0 saturated carbocycles. The van der Waals surface area contributed by atoms with Crippen LogP contribution in [0.5, 0.6) is 0 Å². The SMILES string of the molecule is CC(C)(C)C(=O)c1sccc1-n1nccn1. The second-order valence-corrected chi connectivity index (χ2v) is 5.45. The van der Waals surface area contributed by atoms with Crippen LogP contribution in [0.4, 0.5) is 0 Å². The highest BCUT2D eigenvalue weighted by molar-refractivity contribution is 7.12. The van der Waals surface area contributed by atoms with E-state index in [1.54, 1.807) is 12.4 Å². The summed E-state index contributed by atoms with van der Waals surface area (Å²) in [6, 6.07) is 1.86. The van der Waals surface area contributed by atoms with Crippen LogP contribution in [0.3, 0.4) is 0 Å². The van der Waals surface area contributed by atoms with Gasteiger partial charge in [-0.05, 0) is 11.4 Å². The molecule has 0 unspecified atom stereocenters. The molecule has 0 atom stereocenters. The minimum absolute atomic E-state index is 0.120. The lowest BCUT2D eigenvalue weighted by molar-refractivity contribution is 0.0862. The largest absolute Gasteiger partial charge is 0.293 e. The van der Waals surface area contributed by atoms with Crippen LogP contribution in [-0.4, -0.2) is 20.8 Å². The molecule has 0 spiro atoms. The van der Waals surface area contributed by atoms with Gasteiger partial charge in [-0.2, -0.15) is 15.0 Å². The van der Waals surface area contributed by atoms with Crippen molar-refractivity contribution in [3.63, 3.8) is 0 Å². The number of nitrogens with zero attached hydrogens (tertiary/aromatic N) is 3. The summed E-state index contributed by atoms with van der Waals surface area (Å²) in [6.07, 6.45) is 3.20. The molecule has 2 aromatic heterocycles. The molecule has 0 aromatic carbocycles. The van der Waals surface area contributed by atoms with Gasteiger partial charge in [0.15, 0.2) is 5.78 Å².